The van der Waals surface area contributed by atoms with Gasteiger partial charge >= 0.3 is 5.69 Å². The lowest BCUT2D eigenvalue weighted by Gasteiger charge is -2.28. The van der Waals surface area contributed by atoms with Gasteiger partial charge in [0.05, 0.1) is 31.5 Å². The van der Waals surface area contributed by atoms with Crippen LogP contribution in [0.15, 0.2) is 39.9 Å². The highest BCUT2D eigenvalue weighted by atomic mass is 16.5. The number of aromatic amines is 1. The Morgan fingerprint density at radius 3 is 2.42 bits per heavy atom. The molecule has 1 aliphatic rings. The van der Waals surface area contributed by atoms with Crippen LogP contribution in [0.5, 0.6) is 17.4 Å². The van der Waals surface area contributed by atoms with Gasteiger partial charge in [-0.25, -0.2) is 9.36 Å². The van der Waals surface area contributed by atoms with E-state index in [1.54, 1.807) is 32.4 Å². The van der Waals surface area contributed by atoms with Gasteiger partial charge < -0.3 is 19.9 Å². The molecule has 2 aromatic carbocycles. The third-order valence-corrected chi connectivity index (χ3v) is 5.86. The van der Waals surface area contributed by atoms with E-state index >= 15 is 0 Å². The van der Waals surface area contributed by atoms with Gasteiger partial charge in [0.2, 0.25) is 5.88 Å². The van der Waals surface area contributed by atoms with E-state index in [0.29, 0.717) is 23.7 Å². The molecule has 162 valence electrons. The first-order valence-electron chi connectivity index (χ1n) is 9.99. The second kappa shape index (κ2) is 7.96. The monoisotopic (exact) mass is 423 g/mol. The molecule has 0 amide bonds. The molecule has 2 heterocycles. The molecule has 8 heteroatoms. The number of H-pyrrole nitrogens is 1. The quantitative estimate of drug-likeness (QED) is 0.594. The van der Waals surface area contributed by atoms with Crippen LogP contribution in [0, 0.1) is 13.8 Å². The summed E-state index contributed by atoms with van der Waals surface area (Å²) in [6, 6.07) is 8.47. The van der Waals surface area contributed by atoms with Crippen molar-refractivity contribution in [2.24, 2.45) is 0 Å². The number of aromatic hydroxyl groups is 1. The van der Waals surface area contributed by atoms with E-state index in [9.17, 15) is 14.7 Å². The SMILES string of the molecule is COc1cc2c(cc1OC)[C@H](c1c(O)n(-c3ccc(C)c(C)c3)c(=O)[nH]c1=O)NCC2. The molecule has 0 saturated heterocycles. The van der Waals surface area contributed by atoms with Gasteiger partial charge in [-0.05, 0) is 66.8 Å². The summed E-state index contributed by atoms with van der Waals surface area (Å²) in [6.45, 7) is 4.48. The molecule has 4 rings (SSSR count). The number of methoxy groups -OCH3 is 2. The Bertz CT molecular complexity index is 1280. The second-order valence-electron chi connectivity index (χ2n) is 7.64. The maximum absolute atomic E-state index is 12.8. The van der Waals surface area contributed by atoms with Gasteiger partial charge in [0.1, 0.15) is 0 Å². The van der Waals surface area contributed by atoms with E-state index in [4.69, 9.17) is 9.47 Å². The minimum atomic E-state index is -0.696. The van der Waals surface area contributed by atoms with Crippen LogP contribution in [0.2, 0.25) is 0 Å². The molecule has 0 bridgehead atoms. The highest BCUT2D eigenvalue weighted by molar-refractivity contribution is 5.53. The molecule has 1 aliphatic heterocycles. The smallest absolute Gasteiger partial charge is 0.335 e. The fourth-order valence-corrected chi connectivity index (χ4v) is 4.04. The lowest BCUT2D eigenvalue weighted by atomic mass is 9.90. The van der Waals surface area contributed by atoms with Gasteiger partial charge in [0.15, 0.2) is 11.5 Å². The predicted octanol–water partition coefficient (Wildman–Crippen LogP) is 2.10. The maximum Gasteiger partial charge on any atom is 0.335 e. The van der Waals surface area contributed by atoms with Crippen molar-refractivity contribution in [1.82, 2.24) is 14.9 Å². The second-order valence-corrected chi connectivity index (χ2v) is 7.64. The first-order valence-corrected chi connectivity index (χ1v) is 9.99. The summed E-state index contributed by atoms with van der Waals surface area (Å²) in [6.07, 6.45) is 0.724. The number of rotatable bonds is 4. The molecule has 0 aliphatic carbocycles. The topological polar surface area (TPSA) is 106 Å². The largest absolute Gasteiger partial charge is 0.494 e. The fraction of sp³-hybridized carbons (Fsp3) is 0.304. The summed E-state index contributed by atoms with van der Waals surface area (Å²) in [7, 11) is 3.11. The molecule has 0 fully saturated rings. The van der Waals surface area contributed by atoms with Crippen molar-refractivity contribution < 1.29 is 14.6 Å². The van der Waals surface area contributed by atoms with Gasteiger partial charge in [0.25, 0.3) is 5.56 Å². The van der Waals surface area contributed by atoms with Crippen molar-refractivity contribution in [3.05, 3.63) is 79.0 Å². The Labute approximate surface area is 179 Å². The van der Waals surface area contributed by atoms with Gasteiger partial charge in [-0.3, -0.25) is 9.78 Å². The molecule has 1 atom stereocenters. The minimum absolute atomic E-state index is 0.0750. The van der Waals surface area contributed by atoms with Crippen molar-refractivity contribution >= 4 is 0 Å². The Hall–Kier alpha value is -3.52. The van der Waals surface area contributed by atoms with E-state index < -0.39 is 23.2 Å². The lowest BCUT2D eigenvalue weighted by molar-refractivity contribution is 0.352. The normalized spacial score (nSPS) is 15.4. The Morgan fingerprint density at radius 1 is 1.03 bits per heavy atom. The van der Waals surface area contributed by atoms with E-state index in [2.05, 4.69) is 10.3 Å². The van der Waals surface area contributed by atoms with Crippen LogP contribution in [0.3, 0.4) is 0 Å². The summed E-state index contributed by atoms with van der Waals surface area (Å²) in [5, 5.41) is 14.4. The highest BCUT2D eigenvalue weighted by Crippen LogP contribution is 2.38. The number of nitrogens with zero attached hydrogens (tertiary/aromatic N) is 1. The van der Waals surface area contributed by atoms with E-state index in [1.807, 2.05) is 26.0 Å². The summed E-state index contributed by atoms with van der Waals surface area (Å²) in [5.74, 6) is 0.727. The zero-order chi connectivity index (χ0) is 22.3. The van der Waals surface area contributed by atoms with Crippen LogP contribution < -0.4 is 26.0 Å². The Kier molecular flexibility index (Phi) is 5.32. The molecule has 1 aromatic heterocycles. The standard InChI is InChI=1S/C23H25N3O5/c1-12-5-6-15(9-13(12)2)26-22(28)19(21(27)25-23(26)29)20-16-11-18(31-4)17(30-3)10-14(16)7-8-24-20/h5-6,9-11,20,24,28H,7-8H2,1-4H3,(H,25,27,29)/t20-/m1/s1. The first kappa shape index (κ1) is 20.7. The average Bonchev–Trinajstić information content (AvgIpc) is 2.75. The van der Waals surface area contributed by atoms with Crippen molar-refractivity contribution in [3.63, 3.8) is 0 Å². The Balaban J connectivity index is 1.94. The molecular formula is C23H25N3O5. The van der Waals surface area contributed by atoms with E-state index in [0.717, 1.165) is 33.2 Å². The number of benzene rings is 2. The van der Waals surface area contributed by atoms with E-state index in [-0.39, 0.29) is 5.56 Å². The van der Waals surface area contributed by atoms with Gasteiger partial charge in [0, 0.05) is 6.54 Å². The van der Waals surface area contributed by atoms with Crippen molar-refractivity contribution in [2.75, 3.05) is 20.8 Å². The number of nitrogens with one attached hydrogen (secondary N) is 2. The maximum atomic E-state index is 12.8. The van der Waals surface area contributed by atoms with Crippen LogP contribution in [0.4, 0.5) is 0 Å². The molecule has 0 unspecified atom stereocenters. The van der Waals surface area contributed by atoms with Crippen LogP contribution in [0.25, 0.3) is 5.69 Å². The predicted molar refractivity (Wildman–Crippen MR) is 117 cm³/mol. The first-order chi connectivity index (χ1) is 14.8. The number of hydrogen-bond donors (Lipinski definition) is 3. The summed E-state index contributed by atoms with van der Waals surface area (Å²) in [4.78, 5) is 27.8. The summed E-state index contributed by atoms with van der Waals surface area (Å²) < 4.78 is 11.9. The van der Waals surface area contributed by atoms with Crippen LogP contribution >= 0.6 is 0 Å². The molecular weight excluding hydrogens is 398 g/mol. The third-order valence-electron chi connectivity index (χ3n) is 5.86. The minimum Gasteiger partial charge on any atom is -0.494 e. The van der Waals surface area contributed by atoms with Crippen molar-refractivity contribution in [3.8, 4) is 23.1 Å². The van der Waals surface area contributed by atoms with E-state index in [1.165, 1.54) is 0 Å². The highest BCUT2D eigenvalue weighted by Gasteiger charge is 2.30. The van der Waals surface area contributed by atoms with Gasteiger partial charge in [-0.15, -0.1) is 0 Å². The zero-order valence-corrected chi connectivity index (χ0v) is 17.9. The number of fused-ring (bicyclic) bond motifs is 1. The molecule has 31 heavy (non-hydrogen) atoms. The Morgan fingerprint density at radius 2 is 1.74 bits per heavy atom. The molecule has 0 saturated carbocycles. The average molecular weight is 423 g/mol. The number of aromatic nitrogens is 2. The van der Waals surface area contributed by atoms with Crippen LogP contribution in [-0.2, 0) is 6.42 Å². The lowest BCUT2D eigenvalue weighted by Crippen LogP contribution is -2.38. The van der Waals surface area contributed by atoms with Crippen LogP contribution in [0.1, 0.15) is 33.9 Å². The number of aryl methyl sites for hydroxylation is 2. The summed E-state index contributed by atoms with van der Waals surface area (Å²) >= 11 is 0. The molecule has 0 spiro atoms. The zero-order valence-electron chi connectivity index (χ0n) is 17.9. The van der Waals surface area contributed by atoms with Gasteiger partial charge in [-0.1, -0.05) is 6.07 Å². The summed E-state index contributed by atoms with van der Waals surface area (Å²) in [5.41, 5.74) is 3.01. The number of ether oxygens (including phenoxy) is 2. The molecule has 3 aromatic rings. The third kappa shape index (κ3) is 3.48. The van der Waals surface area contributed by atoms with Crippen molar-refractivity contribution in [2.45, 2.75) is 26.3 Å². The fourth-order valence-electron chi connectivity index (χ4n) is 4.04. The van der Waals surface area contributed by atoms with Crippen molar-refractivity contribution in [1.29, 1.82) is 0 Å². The number of hydrogen-bond acceptors (Lipinski definition) is 6. The molecule has 3 N–H and O–H groups in total. The van der Waals surface area contributed by atoms with Crippen LogP contribution in [-0.4, -0.2) is 35.4 Å². The molecule has 0 radical (unpaired) electrons. The molecule has 8 nitrogen and oxygen atoms in total. The van der Waals surface area contributed by atoms with Gasteiger partial charge in [-0.2, -0.15) is 0 Å².